The summed E-state index contributed by atoms with van der Waals surface area (Å²) in [4.78, 5) is 33.0. The van der Waals surface area contributed by atoms with Gasteiger partial charge in [-0.2, -0.15) is 4.98 Å². The second kappa shape index (κ2) is 7.49. The van der Waals surface area contributed by atoms with Crippen molar-refractivity contribution in [3.05, 3.63) is 93.1 Å². The standard InChI is InChI=1S/C24H16N4O5/c29-23-17-8-7-16(22-26-21(27-33-22)15-4-2-1-3-5-15)11-18(17)25-24(30)28(23)12-14-6-9-19-20(10-14)32-13-31-19/h1-11H,12-13H2,(H,25,30). The minimum Gasteiger partial charge on any atom is -0.454 e. The molecule has 0 radical (unpaired) electrons. The van der Waals surface area contributed by atoms with Crippen LogP contribution in [0.4, 0.5) is 0 Å². The fourth-order valence-corrected chi connectivity index (χ4v) is 3.80. The first kappa shape index (κ1) is 19.1. The summed E-state index contributed by atoms with van der Waals surface area (Å²) in [5.74, 6) is 1.99. The molecule has 0 saturated heterocycles. The molecule has 0 unspecified atom stereocenters. The average molecular weight is 440 g/mol. The summed E-state index contributed by atoms with van der Waals surface area (Å²) in [7, 11) is 0. The van der Waals surface area contributed by atoms with Crippen LogP contribution in [0, 0.1) is 0 Å². The highest BCUT2D eigenvalue weighted by molar-refractivity contribution is 5.82. The van der Waals surface area contributed by atoms with E-state index in [1.807, 2.05) is 30.3 Å². The molecule has 6 rings (SSSR count). The van der Waals surface area contributed by atoms with Crippen LogP contribution in [-0.2, 0) is 6.54 Å². The van der Waals surface area contributed by atoms with Crippen LogP contribution in [0.15, 0.2) is 80.8 Å². The molecule has 0 spiro atoms. The van der Waals surface area contributed by atoms with Crippen molar-refractivity contribution in [1.82, 2.24) is 19.7 Å². The van der Waals surface area contributed by atoms with Crippen molar-refractivity contribution < 1.29 is 14.0 Å². The second-order valence-electron chi connectivity index (χ2n) is 7.56. The third kappa shape index (κ3) is 3.35. The number of hydrogen-bond acceptors (Lipinski definition) is 7. The maximum Gasteiger partial charge on any atom is 0.329 e. The predicted octanol–water partition coefficient (Wildman–Crippen LogP) is 3.18. The number of nitrogens with one attached hydrogen (secondary N) is 1. The zero-order valence-electron chi connectivity index (χ0n) is 17.1. The molecule has 1 aliphatic rings. The molecule has 0 aliphatic carbocycles. The van der Waals surface area contributed by atoms with Crippen molar-refractivity contribution in [2.45, 2.75) is 6.54 Å². The highest BCUT2D eigenvalue weighted by Crippen LogP contribution is 2.32. The van der Waals surface area contributed by atoms with E-state index in [9.17, 15) is 9.59 Å². The van der Waals surface area contributed by atoms with Gasteiger partial charge in [-0.15, -0.1) is 0 Å². The molecule has 162 valence electrons. The molecule has 0 bridgehead atoms. The van der Waals surface area contributed by atoms with Crippen LogP contribution in [0.3, 0.4) is 0 Å². The minimum atomic E-state index is -0.516. The SMILES string of the molecule is O=c1[nH]c2cc(-c3nc(-c4ccccc4)no3)ccc2c(=O)n1Cc1ccc2c(c1)OCO2. The van der Waals surface area contributed by atoms with Crippen LogP contribution in [-0.4, -0.2) is 26.5 Å². The molecule has 3 aromatic carbocycles. The fraction of sp³-hybridized carbons (Fsp3) is 0.0833. The molecule has 9 heteroatoms. The Labute approximate surface area is 185 Å². The van der Waals surface area contributed by atoms with E-state index in [0.29, 0.717) is 39.7 Å². The molecule has 33 heavy (non-hydrogen) atoms. The van der Waals surface area contributed by atoms with Crippen LogP contribution in [0.25, 0.3) is 33.7 Å². The minimum absolute atomic E-state index is 0.104. The molecule has 0 atom stereocenters. The van der Waals surface area contributed by atoms with Gasteiger partial charge in [-0.05, 0) is 35.9 Å². The van der Waals surface area contributed by atoms with E-state index >= 15 is 0 Å². The number of H-pyrrole nitrogens is 1. The summed E-state index contributed by atoms with van der Waals surface area (Å²) in [6.45, 7) is 0.261. The van der Waals surface area contributed by atoms with Crippen molar-refractivity contribution in [3.63, 3.8) is 0 Å². The summed E-state index contributed by atoms with van der Waals surface area (Å²) in [5.41, 5.74) is 1.66. The van der Waals surface area contributed by atoms with Gasteiger partial charge in [0.2, 0.25) is 12.6 Å². The van der Waals surface area contributed by atoms with Gasteiger partial charge < -0.3 is 19.0 Å². The van der Waals surface area contributed by atoms with E-state index < -0.39 is 11.2 Å². The normalized spacial score (nSPS) is 12.4. The maximum absolute atomic E-state index is 13.1. The number of rotatable bonds is 4. The second-order valence-corrected chi connectivity index (χ2v) is 7.56. The summed E-state index contributed by atoms with van der Waals surface area (Å²) < 4.78 is 17.2. The maximum atomic E-state index is 13.1. The zero-order chi connectivity index (χ0) is 22.4. The molecule has 0 fully saturated rings. The highest BCUT2D eigenvalue weighted by atomic mass is 16.7. The predicted molar refractivity (Wildman–Crippen MR) is 119 cm³/mol. The van der Waals surface area contributed by atoms with Gasteiger partial charge in [-0.3, -0.25) is 9.36 Å². The van der Waals surface area contributed by atoms with Crippen LogP contribution in [0.2, 0.25) is 0 Å². The largest absolute Gasteiger partial charge is 0.454 e. The van der Waals surface area contributed by atoms with Gasteiger partial charge in [0.15, 0.2) is 11.5 Å². The Bertz CT molecular complexity index is 1620. The van der Waals surface area contributed by atoms with E-state index in [-0.39, 0.29) is 13.3 Å². The van der Waals surface area contributed by atoms with Gasteiger partial charge in [0, 0.05) is 11.1 Å². The molecule has 1 aliphatic heterocycles. The quantitative estimate of drug-likeness (QED) is 0.457. The average Bonchev–Trinajstić information content (AvgIpc) is 3.51. The fourth-order valence-electron chi connectivity index (χ4n) is 3.80. The van der Waals surface area contributed by atoms with E-state index in [2.05, 4.69) is 15.1 Å². The van der Waals surface area contributed by atoms with Crippen molar-refractivity contribution >= 4 is 10.9 Å². The Hall–Kier alpha value is -4.66. The monoisotopic (exact) mass is 440 g/mol. The summed E-state index contributed by atoms with van der Waals surface area (Å²) in [6.07, 6.45) is 0. The van der Waals surface area contributed by atoms with Gasteiger partial charge in [0.1, 0.15) is 0 Å². The summed E-state index contributed by atoms with van der Waals surface area (Å²) in [6, 6.07) is 19.8. The Balaban J connectivity index is 1.36. The topological polar surface area (TPSA) is 112 Å². The number of ether oxygens (including phenoxy) is 2. The molecular formula is C24H16N4O5. The van der Waals surface area contributed by atoms with E-state index in [0.717, 1.165) is 15.7 Å². The molecular weight excluding hydrogens is 424 g/mol. The third-order valence-corrected chi connectivity index (χ3v) is 5.46. The smallest absolute Gasteiger partial charge is 0.329 e. The van der Waals surface area contributed by atoms with E-state index in [1.165, 1.54) is 0 Å². The van der Waals surface area contributed by atoms with Crippen LogP contribution in [0.5, 0.6) is 11.5 Å². The molecule has 1 N–H and O–H groups in total. The lowest BCUT2D eigenvalue weighted by molar-refractivity contribution is 0.174. The van der Waals surface area contributed by atoms with Crippen LogP contribution in [0.1, 0.15) is 5.56 Å². The molecule has 0 amide bonds. The first-order valence-corrected chi connectivity index (χ1v) is 10.2. The third-order valence-electron chi connectivity index (χ3n) is 5.46. The molecule has 0 saturated carbocycles. The van der Waals surface area contributed by atoms with Crippen molar-refractivity contribution in [2.75, 3.05) is 6.79 Å². The molecule has 9 nitrogen and oxygen atoms in total. The van der Waals surface area contributed by atoms with Crippen molar-refractivity contribution in [3.8, 4) is 34.3 Å². The number of benzene rings is 3. The summed E-state index contributed by atoms with van der Waals surface area (Å²) in [5, 5.41) is 4.40. The lowest BCUT2D eigenvalue weighted by Gasteiger charge is -2.08. The summed E-state index contributed by atoms with van der Waals surface area (Å²) >= 11 is 0. The van der Waals surface area contributed by atoms with Crippen LogP contribution < -0.4 is 20.7 Å². The van der Waals surface area contributed by atoms with Crippen LogP contribution >= 0.6 is 0 Å². The Morgan fingerprint density at radius 1 is 0.909 bits per heavy atom. The Kier molecular flexibility index (Phi) is 4.32. The lowest BCUT2D eigenvalue weighted by Crippen LogP contribution is -2.35. The van der Waals surface area contributed by atoms with E-state index in [4.69, 9.17) is 14.0 Å². The Morgan fingerprint density at radius 2 is 1.76 bits per heavy atom. The van der Waals surface area contributed by atoms with Gasteiger partial charge in [0.05, 0.1) is 17.4 Å². The van der Waals surface area contributed by atoms with Crippen molar-refractivity contribution in [1.29, 1.82) is 0 Å². The molecule has 3 heterocycles. The van der Waals surface area contributed by atoms with Gasteiger partial charge >= 0.3 is 5.69 Å². The van der Waals surface area contributed by atoms with Crippen molar-refractivity contribution in [2.24, 2.45) is 0 Å². The Morgan fingerprint density at radius 3 is 2.64 bits per heavy atom. The highest BCUT2D eigenvalue weighted by Gasteiger charge is 2.16. The van der Waals surface area contributed by atoms with Gasteiger partial charge in [-0.1, -0.05) is 41.6 Å². The number of fused-ring (bicyclic) bond motifs is 2. The zero-order valence-corrected chi connectivity index (χ0v) is 17.1. The number of hydrogen-bond donors (Lipinski definition) is 1. The van der Waals surface area contributed by atoms with Gasteiger partial charge in [-0.25, -0.2) is 4.79 Å². The number of aromatic amines is 1. The molecule has 5 aromatic rings. The van der Waals surface area contributed by atoms with Gasteiger partial charge in [0.25, 0.3) is 11.4 Å². The molecule has 2 aromatic heterocycles. The lowest BCUT2D eigenvalue weighted by atomic mass is 10.1. The number of nitrogens with zero attached hydrogens (tertiary/aromatic N) is 3. The number of aromatic nitrogens is 4. The first-order chi connectivity index (χ1) is 16.2. The first-order valence-electron chi connectivity index (χ1n) is 10.2. The van der Waals surface area contributed by atoms with E-state index in [1.54, 1.807) is 36.4 Å².